The summed E-state index contributed by atoms with van der Waals surface area (Å²) < 4.78 is 0. The fraction of sp³-hybridized carbons (Fsp3) is 0.500. The third-order valence-corrected chi connectivity index (χ3v) is 2.01. The fourth-order valence-electron chi connectivity index (χ4n) is 1.39. The molecule has 1 aliphatic heterocycles. The van der Waals surface area contributed by atoms with Gasteiger partial charge in [0.1, 0.15) is 0 Å². The van der Waals surface area contributed by atoms with Crippen molar-refractivity contribution in [3.05, 3.63) is 29.3 Å². The van der Waals surface area contributed by atoms with Crippen LogP contribution in [0, 0.1) is 6.92 Å². The second kappa shape index (κ2) is 8.22. The molecule has 2 rings (SSSR count). The normalized spacial score (nSPS) is 11.5. The molecule has 84 valence electrons. The zero-order valence-corrected chi connectivity index (χ0v) is 10.7. The first-order valence-corrected chi connectivity index (χ1v) is 5.98. The van der Waals surface area contributed by atoms with Crippen molar-refractivity contribution in [2.24, 2.45) is 4.99 Å². The first-order valence-electron chi connectivity index (χ1n) is 5.98. The summed E-state index contributed by atoms with van der Waals surface area (Å²) in [5.41, 5.74) is 3.84. The third-order valence-electron chi connectivity index (χ3n) is 2.01. The molecule has 1 heteroatoms. The molecule has 0 bridgehead atoms. The van der Waals surface area contributed by atoms with Gasteiger partial charge in [-0.2, -0.15) is 0 Å². The van der Waals surface area contributed by atoms with Crippen LogP contribution in [0.15, 0.2) is 23.2 Å². The molecular weight excluding hydrogens is 182 g/mol. The molecule has 0 unspecified atom stereocenters. The molecular formula is C14H23N. The number of aryl methyl sites for hydroxylation is 2. The molecule has 0 fully saturated rings. The molecule has 0 radical (unpaired) electrons. The summed E-state index contributed by atoms with van der Waals surface area (Å²) in [5.74, 6) is 0. The molecule has 0 aliphatic carbocycles. The lowest BCUT2D eigenvalue weighted by Gasteiger charge is -2.08. The fourth-order valence-corrected chi connectivity index (χ4v) is 1.39. The van der Waals surface area contributed by atoms with Gasteiger partial charge in [0.05, 0.1) is 5.69 Å². The van der Waals surface area contributed by atoms with Crippen LogP contribution in [0.2, 0.25) is 0 Å². The highest BCUT2D eigenvalue weighted by Gasteiger charge is 2.03. The lowest BCUT2D eigenvalue weighted by atomic mass is 10.0. The Balaban J connectivity index is 0.000000442. The minimum Gasteiger partial charge on any atom is -0.261 e. The van der Waals surface area contributed by atoms with Crippen molar-refractivity contribution in [2.45, 2.75) is 47.5 Å². The highest BCUT2D eigenvalue weighted by atomic mass is 14.7. The van der Waals surface area contributed by atoms with Gasteiger partial charge in [0.2, 0.25) is 0 Å². The topological polar surface area (TPSA) is 12.4 Å². The maximum absolute atomic E-state index is 4.33. The van der Waals surface area contributed by atoms with Gasteiger partial charge in [0.15, 0.2) is 0 Å². The second-order valence-corrected chi connectivity index (χ2v) is 2.98. The Hall–Kier alpha value is -1.11. The molecule has 0 saturated carbocycles. The van der Waals surface area contributed by atoms with E-state index in [1.165, 1.54) is 11.1 Å². The standard InChI is InChI=1S/C10H11N.2C2H6/c1-8-4-5-9-3-2-6-11-10(9)7-8;2*1-2/h4-7H,2-3H2,1H3;2*1-2H3. The monoisotopic (exact) mass is 205 g/mol. The van der Waals surface area contributed by atoms with Crippen LogP contribution in [0.5, 0.6) is 0 Å². The quantitative estimate of drug-likeness (QED) is 0.582. The van der Waals surface area contributed by atoms with Crippen LogP contribution in [-0.2, 0) is 6.42 Å². The molecule has 1 nitrogen and oxygen atoms in total. The van der Waals surface area contributed by atoms with E-state index in [0.717, 1.165) is 18.5 Å². The maximum Gasteiger partial charge on any atom is 0.0660 e. The Kier molecular flexibility index (Phi) is 7.61. The number of fused-ring (bicyclic) bond motifs is 1. The lowest BCUT2D eigenvalue weighted by Crippen LogP contribution is -1.93. The average molecular weight is 205 g/mol. The van der Waals surface area contributed by atoms with Crippen molar-refractivity contribution in [3.8, 4) is 0 Å². The Bertz CT molecular complexity index is 300. The van der Waals surface area contributed by atoms with Crippen molar-refractivity contribution in [1.29, 1.82) is 0 Å². The molecule has 0 amide bonds. The van der Waals surface area contributed by atoms with E-state index in [1.807, 2.05) is 33.9 Å². The summed E-state index contributed by atoms with van der Waals surface area (Å²) in [6.07, 6.45) is 4.25. The van der Waals surface area contributed by atoms with Gasteiger partial charge in [0.25, 0.3) is 0 Å². The van der Waals surface area contributed by atoms with E-state index < -0.39 is 0 Å². The Morgan fingerprint density at radius 2 is 1.73 bits per heavy atom. The smallest absolute Gasteiger partial charge is 0.0660 e. The lowest BCUT2D eigenvalue weighted by molar-refractivity contribution is 1.03. The van der Waals surface area contributed by atoms with Crippen LogP contribution in [0.1, 0.15) is 45.2 Å². The molecule has 1 heterocycles. The van der Waals surface area contributed by atoms with E-state index in [0.29, 0.717) is 0 Å². The van der Waals surface area contributed by atoms with Crippen molar-refractivity contribution in [2.75, 3.05) is 0 Å². The zero-order valence-electron chi connectivity index (χ0n) is 10.7. The largest absolute Gasteiger partial charge is 0.261 e. The predicted octanol–water partition coefficient (Wildman–Crippen LogP) is 4.70. The van der Waals surface area contributed by atoms with E-state index in [-0.39, 0.29) is 0 Å². The number of aliphatic imine (C=N–C) groups is 1. The van der Waals surface area contributed by atoms with Gasteiger partial charge in [-0.25, -0.2) is 0 Å². The molecule has 0 spiro atoms. The van der Waals surface area contributed by atoms with Gasteiger partial charge in [-0.1, -0.05) is 39.8 Å². The number of hydrogen-bond donors (Lipinski definition) is 0. The highest BCUT2D eigenvalue weighted by molar-refractivity contribution is 5.69. The van der Waals surface area contributed by atoms with Crippen molar-refractivity contribution in [3.63, 3.8) is 0 Å². The summed E-state index contributed by atoms with van der Waals surface area (Å²) in [4.78, 5) is 4.33. The minimum absolute atomic E-state index is 1.09. The molecule has 0 aromatic heterocycles. The highest BCUT2D eigenvalue weighted by Crippen LogP contribution is 2.24. The van der Waals surface area contributed by atoms with E-state index in [2.05, 4.69) is 30.1 Å². The molecule has 0 saturated heterocycles. The molecule has 0 N–H and O–H groups in total. The van der Waals surface area contributed by atoms with Gasteiger partial charge < -0.3 is 0 Å². The molecule has 0 atom stereocenters. The molecule has 1 aliphatic rings. The summed E-state index contributed by atoms with van der Waals surface area (Å²) in [7, 11) is 0. The van der Waals surface area contributed by atoms with Crippen LogP contribution in [0.25, 0.3) is 0 Å². The van der Waals surface area contributed by atoms with Crippen molar-refractivity contribution < 1.29 is 0 Å². The van der Waals surface area contributed by atoms with Gasteiger partial charge >= 0.3 is 0 Å². The van der Waals surface area contributed by atoms with Gasteiger partial charge in [-0.15, -0.1) is 0 Å². The number of nitrogens with zero attached hydrogens (tertiary/aromatic N) is 1. The SMILES string of the molecule is CC.CC.Cc1ccc2c(c1)N=CCC2. The summed E-state index contributed by atoms with van der Waals surface area (Å²) in [6, 6.07) is 6.48. The summed E-state index contributed by atoms with van der Waals surface area (Å²) >= 11 is 0. The third kappa shape index (κ3) is 4.28. The maximum atomic E-state index is 4.33. The van der Waals surface area contributed by atoms with Gasteiger partial charge in [-0.05, 0) is 37.0 Å². The van der Waals surface area contributed by atoms with E-state index >= 15 is 0 Å². The molecule has 1 aromatic rings. The van der Waals surface area contributed by atoms with Crippen LogP contribution >= 0.6 is 0 Å². The van der Waals surface area contributed by atoms with E-state index in [4.69, 9.17) is 0 Å². The first-order chi connectivity index (χ1) is 7.36. The van der Waals surface area contributed by atoms with Crippen LogP contribution in [-0.4, -0.2) is 6.21 Å². The van der Waals surface area contributed by atoms with E-state index in [1.54, 1.807) is 0 Å². The Morgan fingerprint density at radius 1 is 1.07 bits per heavy atom. The summed E-state index contributed by atoms with van der Waals surface area (Å²) in [5, 5.41) is 0. The van der Waals surface area contributed by atoms with Crippen LogP contribution in [0.3, 0.4) is 0 Å². The number of hydrogen-bond acceptors (Lipinski definition) is 1. The van der Waals surface area contributed by atoms with Gasteiger partial charge in [-0.3, -0.25) is 4.99 Å². The minimum atomic E-state index is 1.09. The van der Waals surface area contributed by atoms with Gasteiger partial charge in [0, 0.05) is 6.21 Å². The number of benzene rings is 1. The van der Waals surface area contributed by atoms with E-state index in [9.17, 15) is 0 Å². The zero-order chi connectivity index (χ0) is 11.7. The van der Waals surface area contributed by atoms with Crippen LogP contribution in [0.4, 0.5) is 5.69 Å². The van der Waals surface area contributed by atoms with Crippen LogP contribution < -0.4 is 0 Å². The Labute approximate surface area is 94.3 Å². The number of rotatable bonds is 0. The summed E-state index contributed by atoms with van der Waals surface area (Å²) in [6.45, 7) is 10.1. The predicted molar refractivity (Wildman–Crippen MR) is 70.3 cm³/mol. The first kappa shape index (κ1) is 13.9. The second-order valence-electron chi connectivity index (χ2n) is 2.98. The van der Waals surface area contributed by atoms with Crippen molar-refractivity contribution in [1.82, 2.24) is 0 Å². The van der Waals surface area contributed by atoms with Crippen molar-refractivity contribution >= 4 is 11.9 Å². The average Bonchev–Trinajstić information content (AvgIpc) is 2.34. The molecule has 15 heavy (non-hydrogen) atoms. The Morgan fingerprint density at radius 3 is 2.40 bits per heavy atom. The molecule has 1 aromatic carbocycles.